The van der Waals surface area contributed by atoms with Crippen molar-refractivity contribution >= 4 is 17.7 Å². The summed E-state index contributed by atoms with van der Waals surface area (Å²) >= 11 is 1.75. The van der Waals surface area contributed by atoms with E-state index in [1.807, 2.05) is 0 Å². The number of benzene rings is 1. The van der Waals surface area contributed by atoms with Crippen LogP contribution >= 0.6 is 11.8 Å². The maximum atomic E-state index is 12.5. The van der Waals surface area contributed by atoms with E-state index in [0.29, 0.717) is 17.3 Å². The smallest absolute Gasteiger partial charge is 0.247 e. The van der Waals surface area contributed by atoms with Crippen LogP contribution in [0.2, 0.25) is 0 Å². The molecule has 1 aromatic rings. The molecule has 3 atom stereocenters. The molecule has 0 spiro atoms. The van der Waals surface area contributed by atoms with E-state index in [1.54, 1.807) is 11.8 Å². The Morgan fingerprint density at radius 3 is 2.55 bits per heavy atom. The van der Waals surface area contributed by atoms with Gasteiger partial charge in [-0.05, 0) is 32.3 Å². The highest BCUT2D eigenvalue weighted by molar-refractivity contribution is 8.01. The molecule has 1 aliphatic carbocycles. The zero-order valence-corrected chi connectivity index (χ0v) is 14.3. The molecular formula is C18H26N2OS. The maximum absolute atomic E-state index is 12.5. The Bertz CT molecular complexity index is 510. The van der Waals surface area contributed by atoms with Gasteiger partial charge in [0, 0.05) is 17.3 Å². The molecule has 4 heteroatoms. The van der Waals surface area contributed by atoms with Crippen molar-refractivity contribution < 1.29 is 4.79 Å². The Morgan fingerprint density at radius 1 is 1.18 bits per heavy atom. The summed E-state index contributed by atoms with van der Waals surface area (Å²) in [4.78, 5) is 12.5. The van der Waals surface area contributed by atoms with Crippen LogP contribution in [0.1, 0.15) is 55.4 Å². The lowest BCUT2D eigenvalue weighted by molar-refractivity contribution is -0.122. The summed E-state index contributed by atoms with van der Waals surface area (Å²) in [5.41, 5.74) is 2.59. The largest absolute Gasteiger partial charge is 0.351 e. The molecule has 1 amide bonds. The van der Waals surface area contributed by atoms with E-state index in [0.717, 1.165) is 12.8 Å². The minimum Gasteiger partial charge on any atom is -0.351 e. The minimum absolute atomic E-state index is 0.122. The molecule has 2 fully saturated rings. The summed E-state index contributed by atoms with van der Waals surface area (Å²) in [6.07, 6.45) is 6.09. The molecule has 0 aromatic heterocycles. The van der Waals surface area contributed by atoms with Gasteiger partial charge in [-0.15, -0.1) is 11.8 Å². The molecule has 2 aliphatic rings. The van der Waals surface area contributed by atoms with Crippen LogP contribution < -0.4 is 10.6 Å². The van der Waals surface area contributed by atoms with Gasteiger partial charge in [-0.1, -0.05) is 49.1 Å². The van der Waals surface area contributed by atoms with Crippen LogP contribution in [0.15, 0.2) is 24.3 Å². The number of aryl methyl sites for hydroxylation is 1. The topological polar surface area (TPSA) is 41.1 Å². The van der Waals surface area contributed by atoms with Crippen LogP contribution in [0.5, 0.6) is 0 Å². The van der Waals surface area contributed by atoms with Gasteiger partial charge in [0.2, 0.25) is 5.91 Å². The Kier molecular flexibility index (Phi) is 5.09. The Hall–Kier alpha value is -1.00. The quantitative estimate of drug-likeness (QED) is 0.896. The van der Waals surface area contributed by atoms with E-state index < -0.39 is 0 Å². The summed E-state index contributed by atoms with van der Waals surface area (Å²) in [6, 6.07) is 9.38. The van der Waals surface area contributed by atoms with Gasteiger partial charge in [-0.25, -0.2) is 0 Å². The molecule has 1 heterocycles. The molecular weight excluding hydrogens is 292 g/mol. The van der Waals surface area contributed by atoms with Gasteiger partial charge in [0.1, 0.15) is 5.37 Å². The summed E-state index contributed by atoms with van der Waals surface area (Å²) in [6.45, 7) is 4.28. The predicted octanol–water partition coefficient (Wildman–Crippen LogP) is 3.54. The molecule has 1 aromatic carbocycles. The third kappa shape index (κ3) is 3.66. The highest BCUT2D eigenvalue weighted by atomic mass is 32.2. The van der Waals surface area contributed by atoms with Crippen molar-refractivity contribution in [1.82, 2.24) is 10.6 Å². The normalized spacial score (nSPS) is 29.5. The van der Waals surface area contributed by atoms with Gasteiger partial charge in [0.05, 0.1) is 0 Å². The van der Waals surface area contributed by atoms with Gasteiger partial charge in [-0.2, -0.15) is 0 Å². The molecule has 0 bridgehead atoms. The van der Waals surface area contributed by atoms with E-state index in [-0.39, 0.29) is 11.3 Å². The van der Waals surface area contributed by atoms with Crippen LogP contribution in [0.25, 0.3) is 0 Å². The molecule has 3 rings (SSSR count). The molecule has 1 aliphatic heterocycles. The number of carbonyl (C=O) groups is 1. The number of carbonyl (C=O) groups excluding carboxylic acids is 1. The Labute approximate surface area is 137 Å². The molecule has 1 saturated heterocycles. The summed E-state index contributed by atoms with van der Waals surface area (Å²) in [5.74, 6) is 0.165. The molecule has 2 N–H and O–H groups in total. The lowest BCUT2D eigenvalue weighted by atomic mass is 9.95. The number of thioether (sulfide) groups is 1. The monoisotopic (exact) mass is 318 g/mol. The fraction of sp³-hybridized carbons (Fsp3) is 0.611. The first-order valence-electron chi connectivity index (χ1n) is 8.42. The van der Waals surface area contributed by atoms with Crippen molar-refractivity contribution in [1.29, 1.82) is 0 Å². The highest BCUT2D eigenvalue weighted by Crippen LogP contribution is 2.40. The highest BCUT2D eigenvalue weighted by Gasteiger charge is 2.36. The zero-order chi connectivity index (χ0) is 15.5. The van der Waals surface area contributed by atoms with E-state index in [4.69, 9.17) is 0 Å². The van der Waals surface area contributed by atoms with Gasteiger partial charge < -0.3 is 5.32 Å². The molecule has 1 unspecified atom stereocenters. The van der Waals surface area contributed by atoms with Crippen molar-refractivity contribution in [2.24, 2.45) is 0 Å². The first kappa shape index (κ1) is 15.9. The van der Waals surface area contributed by atoms with Crippen LogP contribution in [-0.2, 0) is 4.79 Å². The van der Waals surface area contributed by atoms with Crippen molar-refractivity contribution in [3.63, 3.8) is 0 Å². The minimum atomic E-state index is -0.122. The number of amides is 1. The first-order valence-corrected chi connectivity index (χ1v) is 9.36. The third-order valence-corrected chi connectivity index (χ3v) is 6.34. The van der Waals surface area contributed by atoms with Crippen molar-refractivity contribution in [3.05, 3.63) is 35.4 Å². The van der Waals surface area contributed by atoms with Crippen LogP contribution in [-0.4, -0.2) is 23.4 Å². The molecule has 120 valence electrons. The second kappa shape index (κ2) is 7.05. The predicted molar refractivity (Wildman–Crippen MR) is 92.9 cm³/mol. The SMILES string of the molecule is Cc1ccc(C2S[C@H](C(=O)NC3CCCCC3)N[C@H]2C)cc1. The zero-order valence-electron chi connectivity index (χ0n) is 13.5. The van der Waals surface area contributed by atoms with E-state index in [2.05, 4.69) is 48.7 Å². The maximum Gasteiger partial charge on any atom is 0.247 e. The average Bonchev–Trinajstić information content (AvgIpc) is 2.91. The van der Waals surface area contributed by atoms with Crippen molar-refractivity contribution in [3.8, 4) is 0 Å². The number of rotatable bonds is 3. The van der Waals surface area contributed by atoms with E-state index >= 15 is 0 Å². The van der Waals surface area contributed by atoms with Crippen LogP contribution in [0.3, 0.4) is 0 Å². The van der Waals surface area contributed by atoms with Gasteiger partial charge >= 0.3 is 0 Å². The third-order valence-electron chi connectivity index (χ3n) is 4.75. The molecule has 3 nitrogen and oxygen atoms in total. The summed E-state index contributed by atoms with van der Waals surface area (Å²) in [5, 5.41) is 6.93. The molecule has 22 heavy (non-hydrogen) atoms. The summed E-state index contributed by atoms with van der Waals surface area (Å²) in [7, 11) is 0. The Balaban J connectivity index is 1.59. The van der Waals surface area contributed by atoms with E-state index in [1.165, 1.54) is 30.4 Å². The number of nitrogens with one attached hydrogen (secondary N) is 2. The average molecular weight is 318 g/mol. The van der Waals surface area contributed by atoms with Crippen molar-refractivity contribution in [2.45, 2.75) is 68.7 Å². The molecule has 0 radical (unpaired) electrons. The molecule has 1 saturated carbocycles. The fourth-order valence-corrected chi connectivity index (χ4v) is 4.82. The van der Waals surface area contributed by atoms with Crippen molar-refractivity contribution in [2.75, 3.05) is 0 Å². The van der Waals surface area contributed by atoms with E-state index in [9.17, 15) is 4.79 Å². The second-order valence-electron chi connectivity index (χ2n) is 6.65. The lowest BCUT2D eigenvalue weighted by Gasteiger charge is -2.24. The standard InChI is InChI=1S/C18H26N2OS/c1-12-8-10-14(11-9-12)16-13(2)19-18(22-16)17(21)20-15-6-4-3-5-7-15/h8-11,13,15-16,18-19H,3-7H2,1-2H3,(H,20,21)/t13-,16?,18+/m0/s1. The van der Waals surface area contributed by atoms with Crippen LogP contribution in [0, 0.1) is 6.92 Å². The van der Waals surface area contributed by atoms with Gasteiger partial charge in [-0.3, -0.25) is 10.1 Å². The summed E-state index contributed by atoms with van der Waals surface area (Å²) < 4.78 is 0. The first-order chi connectivity index (χ1) is 10.6. The fourth-order valence-electron chi connectivity index (χ4n) is 3.41. The lowest BCUT2D eigenvalue weighted by Crippen LogP contribution is -2.45. The second-order valence-corrected chi connectivity index (χ2v) is 7.90. The Morgan fingerprint density at radius 2 is 1.86 bits per heavy atom. The van der Waals surface area contributed by atoms with Gasteiger partial charge in [0.25, 0.3) is 0 Å². The van der Waals surface area contributed by atoms with Crippen LogP contribution in [0.4, 0.5) is 0 Å². The number of hydrogen-bond acceptors (Lipinski definition) is 3. The van der Waals surface area contributed by atoms with Gasteiger partial charge in [0.15, 0.2) is 0 Å². The number of hydrogen-bond donors (Lipinski definition) is 2.